The molecule has 0 radical (unpaired) electrons. The molecule has 0 saturated heterocycles. The average molecular weight is 500 g/mol. The van der Waals surface area contributed by atoms with Crippen molar-refractivity contribution in [2.45, 2.75) is 13.1 Å². The largest absolute Gasteiger partial charge is 0.416 e. The zero-order valence-electron chi connectivity index (χ0n) is 19.4. The number of alkyl halides is 3. The lowest BCUT2D eigenvalue weighted by molar-refractivity contribution is -0.137. The van der Waals surface area contributed by atoms with Gasteiger partial charge in [-0.2, -0.15) is 13.2 Å². The van der Waals surface area contributed by atoms with Crippen LogP contribution in [-0.2, 0) is 6.18 Å². The SMILES string of the molecule is Cc1ccc(C(=O)Nc2cccc(C(F)(F)F)c2)cc1Nc1nc(-c2cccnc2)nc2ncccc12. The van der Waals surface area contributed by atoms with Gasteiger partial charge in [0, 0.05) is 41.1 Å². The molecular weight excluding hydrogens is 481 g/mol. The van der Waals surface area contributed by atoms with E-state index in [9.17, 15) is 18.0 Å². The van der Waals surface area contributed by atoms with Crippen LogP contribution < -0.4 is 10.6 Å². The fourth-order valence-electron chi connectivity index (χ4n) is 3.68. The molecule has 2 N–H and O–H groups in total. The number of nitrogens with one attached hydrogen (secondary N) is 2. The summed E-state index contributed by atoms with van der Waals surface area (Å²) < 4.78 is 39.1. The van der Waals surface area contributed by atoms with E-state index in [2.05, 4.69) is 30.6 Å². The number of carbonyl (C=O) groups is 1. The van der Waals surface area contributed by atoms with Gasteiger partial charge in [0.1, 0.15) is 5.82 Å². The number of amides is 1. The van der Waals surface area contributed by atoms with Gasteiger partial charge in [0.15, 0.2) is 11.5 Å². The van der Waals surface area contributed by atoms with Gasteiger partial charge in [-0.15, -0.1) is 0 Å². The average Bonchev–Trinajstić information content (AvgIpc) is 2.90. The number of pyridine rings is 2. The second-order valence-corrected chi connectivity index (χ2v) is 8.20. The molecule has 5 aromatic rings. The maximum Gasteiger partial charge on any atom is 0.416 e. The summed E-state index contributed by atoms with van der Waals surface area (Å²) in [6, 6.07) is 16.7. The Balaban J connectivity index is 1.47. The van der Waals surface area contributed by atoms with E-state index < -0.39 is 17.6 Å². The Morgan fingerprint density at radius 3 is 2.54 bits per heavy atom. The molecule has 10 heteroatoms. The predicted molar refractivity (Wildman–Crippen MR) is 134 cm³/mol. The lowest BCUT2D eigenvalue weighted by atomic mass is 10.1. The Morgan fingerprint density at radius 1 is 0.919 bits per heavy atom. The fourth-order valence-corrected chi connectivity index (χ4v) is 3.68. The van der Waals surface area contributed by atoms with Crippen LogP contribution in [0.4, 0.5) is 30.4 Å². The molecule has 7 nitrogen and oxygen atoms in total. The van der Waals surface area contributed by atoms with E-state index in [4.69, 9.17) is 0 Å². The van der Waals surface area contributed by atoms with Crippen LogP contribution in [0.25, 0.3) is 22.4 Å². The topological polar surface area (TPSA) is 92.7 Å². The smallest absolute Gasteiger partial charge is 0.339 e. The summed E-state index contributed by atoms with van der Waals surface area (Å²) in [5.41, 5.74) is 2.08. The molecule has 3 aromatic heterocycles. The molecule has 1 amide bonds. The number of anilines is 3. The summed E-state index contributed by atoms with van der Waals surface area (Å²) >= 11 is 0. The summed E-state index contributed by atoms with van der Waals surface area (Å²) in [7, 11) is 0. The van der Waals surface area contributed by atoms with Gasteiger partial charge in [0.05, 0.1) is 10.9 Å². The van der Waals surface area contributed by atoms with Crippen molar-refractivity contribution in [2.75, 3.05) is 10.6 Å². The normalized spacial score (nSPS) is 11.4. The Morgan fingerprint density at radius 2 is 1.76 bits per heavy atom. The first-order valence-electron chi connectivity index (χ1n) is 11.2. The van der Waals surface area contributed by atoms with E-state index >= 15 is 0 Å². The number of hydrogen-bond acceptors (Lipinski definition) is 6. The molecule has 0 bridgehead atoms. The van der Waals surface area contributed by atoms with Gasteiger partial charge < -0.3 is 10.6 Å². The van der Waals surface area contributed by atoms with Crippen molar-refractivity contribution in [1.29, 1.82) is 0 Å². The molecule has 0 aliphatic carbocycles. The minimum absolute atomic E-state index is 0.0453. The van der Waals surface area contributed by atoms with Crippen LogP contribution in [0.5, 0.6) is 0 Å². The number of rotatable bonds is 5. The van der Waals surface area contributed by atoms with Crippen molar-refractivity contribution in [2.24, 2.45) is 0 Å². The van der Waals surface area contributed by atoms with Crippen LogP contribution in [0, 0.1) is 6.92 Å². The molecule has 0 aliphatic heterocycles. The molecule has 5 rings (SSSR count). The quantitative estimate of drug-likeness (QED) is 0.290. The Hall–Kier alpha value is -4.86. The first kappa shape index (κ1) is 23.9. The standard InChI is InChI=1S/C27H19F3N6O/c1-16-9-10-17(26(37)33-20-7-2-6-19(14-20)27(28,29)30)13-22(16)34-25-21-8-4-12-32-24(21)35-23(36-25)18-5-3-11-31-15-18/h2-15H,1H3,(H,33,37)(H,32,34,35,36). The lowest BCUT2D eigenvalue weighted by Gasteiger charge is -2.14. The minimum atomic E-state index is -4.51. The van der Waals surface area contributed by atoms with E-state index in [0.717, 1.165) is 17.7 Å². The molecule has 0 unspecified atom stereocenters. The minimum Gasteiger partial charge on any atom is -0.339 e. The predicted octanol–water partition coefficient (Wildman–Crippen LogP) is 6.41. The number of carbonyl (C=O) groups excluding carboxylic acids is 1. The lowest BCUT2D eigenvalue weighted by Crippen LogP contribution is -2.13. The molecule has 184 valence electrons. The highest BCUT2D eigenvalue weighted by Gasteiger charge is 2.30. The van der Waals surface area contributed by atoms with Gasteiger partial charge in [0.25, 0.3) is 5.91 Å². The third-order valence-electron chi connectivity index (χ3n) is 5.59. The number of aromatic nitrogens is 4. The van der Waals surface area contributed by atoms with Crippen LogP contribution >= 0.6 is 0 Å². The molecule has 0 atom stereocenters. The van der Waals surface area contributed by atoms with Gasteiger partial charge in [-0.25, -0.2) is 15.0 Å². The van der Waals surface area contributed by atoms with Crippen molar-refractivity contribution in [3.8, 4) is 11.4 Å². The molecule has 3 heterocycles. The number of aryl methyl sites for hydroxylation is 1. The van der Waals surface area contributed by atoms with Gasteiger partial charge >= 0.3 is 6.18 Å². The number of halogens is 3. The maximum absolute atomic E-state index is 13.0. The van der Waals surface area contributed by atoms with Gasteiger partial charge in [-0.05, 0) is 67.1 Å². The van der Waals surface area contributed by atoms with Crippen molar-refractivity contribution >= 4 is 34.1 Å². The van der Waals surface area contributed by atoms with Gasteiger partial charge in [-0.1, -0.05) is 12.1 Å². The Kier molecular flexibility index (Phi) is 6.22. The second-order valence-electron chi connectivity index (χ2n) is 8.20. The summed E-state index contributed by atoms with van der Waals surface area (Å²) in [5.74, 6) is 0.362. The van der Waals surface area contributed by atoms with E-state index in [1.165, 1.54) is 12.1 Å². The van der Waals surface area contributed by atoms with E-state index in [1.54, 1.807) is 48.9 Å². The van der Waals surface area contributed by atoms with Crippen molar-refractivity contribution in [3.05, 3.63) is 102 Å². The molecule has 0 aliphatic rings. The van der Waals surface area contributed by atoms with Gasteiger partial charge in [-0.3, -0.25) is 9.78 Å². The highest BCUT2D eigenvalue weighted by atomic mass is 19.4. The Labute approximate surface area is 209 Å². The van der Waals surface area contributed by atoms with Crippen molar-refractivity contribution in [3.63, 3.8) is 0 Å². The third kappa shape index (κ3) is 5.22. The number of fused-ring (bicyclic) bond motifs is 1. The monoisotopic (exact) mass is 500 g/mol. The zero-order chi connectivity index (χ0) is 26.0. The second kappa shape index (κ2) is 9.65. The van der Waals surface area contributed by atoms with Crippen molar-refractivity contribution in [1.82, 2.24) is 19.9 Å². The van der Waals surface area contributed by atoms with Crippen LogP contribution in [0.2, 0.25) is 0 Å². The maximum atomic E-state index is 13.0. The molecule has 0 spiro atoms. The third-order valence-corrected chi connectivity index (χ3v) is 5.59. The van der Waals surface area contributed by atoms with Gasteiger partial charge in [0.2, 0.25) is 0 Å². The van der Waals surface area contributed by atoms with Crippen LogP contribution in [0.1, 0.15) is 21.5 Å². The molecule has 37 heavy (non-hydrogen) atoms. The molecule has 2 aromatic carbocycles. The van der Waals surface area contributed by atoms with E-state index in [0.29, 0.717) is 33.9 Å². The summed E-state index contributed by atoms with van der Waals surface area (Å²) in [5, 5.41) is 6.48. The van der Waals surface area contributed by atoms with Crippen LogP contribution in [0.15, 0.2) is 85.3 Å². The summed E-state index contributed by atoms with van der Waals surface area (Å²) in [6.07, 6.45) is 0.431. The highest BCUT2D eigenvalue weighted by Crippen LogP contribution is 2.31. The van der Waals surface area contributed by atoms with Crippen LogP contribution in [-0.4, -0.2) is 25.8 Å². The van der Waals surface area contributed by atoms with Crippen LogP contribution in [0.3, 0.4) is 0 Å². The number of benzene rings is 2. The fraction of sp³-hybridized carbons (Fsp3) is 0.0741. The zero-order valence-corrected chi connectivity index (χ0v) is 19.4. The number of hydrogen-bond donors (Lipinski definition) is 2. The molecular formula is C27H19F3N6O. The Bertz CT molecular complexity index is 1610. The van der Waals surface area contributed by atoms with E-state index in [-0.39, 0.29) is 11.3 Å². The first-order chi connectivity index (χ1) is 17.8. The van der Waals surface area contributed by atoms with E-state index in [1.807, 2.05) is 19.1 Å². The molecule has 0 saturated carbocycles. The summed E-state index contributed by atoms with van der Waals surface area (Å²) in [4.78, 5) is 30.6. The van der Waals surface area contributed by atoms with Crippen molar-refractivity contribution < 1.29 is 18.0 Å². The number of nitrogens with zero attached hydrogens (tertiary/aromatic N) is 4. The first-order valence-corrected chi connectivity index (χ1v) is 11.2. The highest BCUT2D eigenvalue weighted by molar-refractivity contribution is 6.05. The summed E-state index contributed by atoms with van der Waals surface area (Å²) in [6.45, 7) is 1.86. The molecule has 0 fully saturated rings.